The third-order valence-corrected chi connectivity index (χ3v) is 8.34. The van der Waals surface area contributed by atoms with Crippen molar-refractivity contribution in [2.45, 2.75) is 15.0 Å². The van der Waals surface area contributed by atoms with E-state index in [0.29, 0.717) is 5.02 Å². The van der Waals surface area contributed by atoms with Gasteiger partial charge in [-0.15, -0.1) is 0 Å². The van der Waals surface area contributed by atoms with Crippen LogP contribution in [-0.2, 0) is 19.9 Å². The van der Waals surface area contributed by atoms with Gasteiger partial charge in [0, 0.05) is 18.1 Å². The fourth-order valence-corrected chi connectivity index (χ4v) is 6.08. The standard InChI is InChI=1S/C16H15ClFNO5S2/c1-24-16-7-6-13(8-15(16)18)26(22,23)19-9-14(10-19)25(20,21)12-4-2-11(17)3-5-12/h2-8,14H,9-10H2,1H3. The van der Waals surface area contributed by atoms with Crippen molar-refractivity contribution >= 4 is 31.5 Å². The second-order valence-electron chi connectivity index (χ2n) is 5.74. The monoisotopic (exact) mass is 419 g/mol. The van der Waals surface area contributed by atoms with Gasteiger partial charge in [-0.2, -0.15) is 4.31 Å². The minimum absolute atomic E-state index is 0.0734. The van der Waals surface area contributed by atoms with E-state index in [1.165, 1.54) is 43.5 Å². The lowest BCUT2D eigenvalue weighted by Crippen LogP contribution is -2.56. The molecule has 2 aromatic carbocycles. The summed E-state index contributed by atoms with van der Waals surface area (Å²) < 4.78 is 69.7. The molecule has 1 saturated heterocycles. The van der Waals surface area contributed by atoms with Crippen LogP contribution in [-0.4, -0.2) is 46.6 Å². The molecule has 0 bridgehead atoms. The van der Waals surface area contributed by atoms with E-state index in [9.17, 15) is 21.2 Å². The van der Waals surface area contributed by atoms with Gasteiger partial charge in [-0.3, -0.25) is 0 Å². The average Bonchev–Trinajstić information content (AvgIpc) is 2.53. The molecule has 140 valence electrons. The predicted octanol–water partition coefficient (Wildman–Crippen LogP) is 2.33. The zero-order valence-corrected chi connectivity index (χ0v) is 16.0. The summed E-state index contributed by atoms with van der Waals surface area (Å²) in [4.78, 5) is -0.169. The van der Waals surface area contributed by atoms with E-state index >= 15 is 0 Å². The maximum atomic E-state index is 13.8. The van der Waals surface area contributed by atoms with Crippen LogP contribution in [0.5, 0.6) is 5.75 Å². The zero-order chi connectivity index (χ0) is 19.1. The minimum Gasteiger partial charge on any atom is -0.494 e. The van der Waals surface area contributed by atoms with Crippen molar-refractivity contribution in [3.63, 3.8) is 0 Å². The van der Waals surface area contributed by atoms with Crippen LogP contribution in [0.1, 0.15) is 0 Å². The molecule has 2 aromatic rings. The molecule has 1 fully saturated rings. The minimum atomic E-state index is -3.98. The fraction of sp³-hybridized carbons (Fsp3) is 0.250. The number of sulfone groups is 1. The summed E-state index contributed by atoms with van der Waals surface area (Å²) in [5, 5.41) is -0.454. The molecule has 0 unspecified atom stereocenters. The number of halogens is 2. The highest BCUT2D eigenvalue weighted by Gasteiger charge is 2.44. The van der Waals surface area contributed by atoms with Gasteiger partial charge in [0.25, 0.3) is 0 Å². The molecular formula is C16H15ClFNO5S2. The summed E-state index contributed by atoms with van der Waals surface area (Å²) >= 11 is 5.75. The molecule has 0 aromatic heterocycles. The Morgan fingerprint density at radius 2 is 1.62 bits per heavy atom. The first-order chi connectivity index (χ1) is 12.2. The van der Waals surface area contributed by atoms with Crippen LogP contribution in [0, 0.1) is 5.82 Å². The summed E-state index contributed by atoms with van der Waals surface area (Å²) in [5.41, 5.74) is 0. The van der Waals surface area contributed by atoms with Gasteiger partial charge in [-0.05, 0) is 42.5 Å². The molecule has 1 heterocycles. The first-order valence-corrected chi connectivity index (χ1v) is 10.9. The van der Waals surface area contributed by atoms with E-state index in [1.807, 2.05) is 0 Å². The highest BCUT2D eigenvalue weighted by molar-refractivity contribution is 7.92. The maximum Gasteiger partial charge on any atom is 0.243 e. The highest BCUT2D eigenvalue weighted by atomic mass is 35.5. The van der Waals surface area contributed by atoms with Crippen LogP contribution in [0.3, 0.4) is 0 Å². The summed E-state index contributed by atoms with van der Waals surface area (Å²) in [6.45, 7) is -0.387. The summed E-state index contributed by atoms with van der Waals surface area (Å²) in [7, 11) is -6.38. The van der Waals surface area contributed by atoms with Crippen molar-refractivity contribution in [3.8, 4) is 5.75 Å². The molecule has 6 nitrogen and oxygen atoms in total. The molecule has 10 heteroatoms. The first-order valence-electron chi connectivity index (χ1n) is 7.49. The molecule has 1 aliphatic rings. The molecule has 26 heavy (non-hydrogen) atoms. The van der Waals surface area contributed by atoms with E-state index in [0.717, 1.165) is 10.4 Å². The lowest BCUT2D eigenvalue weighted by Gasteiger charge is -2.37. The molecule has 0 atom stereocenters. The Morgan fingerprint density at radius 3 is 2.15 bits per heavy atom. The van der Waals surface area contributed by atoms with E-state index in [1.54, 1.807) is 0 Å². The second kappa shape index (κ2) is 6.80. The van der Waals surface area contributed by atoms with Crippen LogP contribution in [0.15, 0.2) is 52.3 Å². The van der Waals surface area contributed by atoms with Gasteiger partial charge in [0.2, 0.25) is 10.0 Å². The van der Waals surface area contributed by atoms with Crippen LogP contribution in [0.4, 0.5) is 4.39 Å². The maximum absolute atomic E-state index is 13.8. The molecule has 0 radical (unpaired) electrons. The number of hydrogen-bond donors (Lipinski definition) is 0. The molecule has 1 aliphatic heterocycles. The number of nitrogens with zero attached hydrogens (tertiary/aromatic N) is 1. The Labute approximate surface area is 156 Å². The van der Waals surface area contributed by atoms with Crippen molar-refractivity contribution in [2.24, 2.45) is 0 Å². The third-order valence-electron chi connectivity index (χ3n) is 4.16. The van der Waals surface area contributed by atoms with Crippen LogP contribution in [0.2, 0.25) is 5.02 Å². The molecule has 0 amide bonds. The SMILES string of the molecule is COc1ccc(S(=O)(=O)N2CC(S(=O)(=O)c3ccc(Cl)cc3)C2)cc1F. The van der Waals surface area contributed by atoms with Crippen molar-refractivity contribution in [1.29, 1.82) is 0 Å². The fourth-order valence-electron chi connectivity index (χ4n) is 2.57. The quantitative estimate of drug-likeness (QED) is 0.743. The number of methoxy groups -OCH3 is 1. The van der Waals surface area contributed by atoms with E-state index in [4.69, 9.17) is 16.3 Å². The zero-order valence-electron chi connectivity index (χ0n) is 13.6. The lowest BCUT2D eigenvalue weighted by molar-refractivity contribution is 0.309. The molecular weight excluding hydrogens is 405 g/mol. The lowest BCUT2D eigenvalue weighted by atomic mass is 10.3. The Morgan fingerprint density at radius 1 is 1.04 bits per heavy atom. The number of ether oxygens (including phenoxy) is 1. The van der Waals surface area contributed by atoms with Gasteiger partial charge in [0.1, 0.15) is 0 Å². The molecule has 0 aliphatic carbocycles. The van der Waals surface area contributed by atoms with Crippen molar-refractivity contribution < 1.29 is 26.0 Å². The Balaban J connectivity index is 1.78. The summed E-state index contributed by atoms with van der Waals surface area (Å²) in [6.07, 6.45) is 0. The van der Waals surface area contributed by atoms with E-state index in [2.05, 4.69) is 0 Å². The average molecular weight is 420 g/mol. The van der Waals surface area contributed by atoms with Crippen LogP contribution >= 0.6 is 11.6 Å². The van der Waals surface area contributed by atoms with Crippen molar-refractivity contribution in [2.75, 3.05) is 20.2 Å². The second-order valence-corrected chi connectivity index (χ2v) is 10.3. The van der Waals surface area contributed by atoms with Crippen molar-refractivity contribution in [1.82, 2.24) is 4.31 Å². The summed E-state index contributed by atoms with van der Waals surface area (Å²) in [5.74, 6) is -0.879. The molecule has 0 saturated carbocycles. The number of benzene rings is 2. The van der Waals surface area contributed by atoms with Gasteiger partial charge in [0.15, 0.2) is 21.4 Å². The number of rotatable bonds is 5. The van der Waals surface area contributed by atoms with Gasteiger partial charge >= 0.3 is 0 Å². The van der Waals surface area contributed by atoms with Gasteiger partial charge in [0.05, 0.1) is 22.2 Å². The molecule has 3 rings (SSSR count). The first kappa shape index (κ1) is 19.1. The smallest absolute Gasteiger partial charge is 0.243 e. The largest absolute Gasteiger partial charge is 0.494 e. The molecule has 0 N–H and O–H groups in total. The molecule has 0 spiro atoms. The topological polar surface area (TPSA) is 80.8 Å². The van der Waals surface area contributed by atoms with E-state index in [-0.39, 0.29) is 28.6 Å². The van der Waals surface area contributed by atoms with Gasteiger partial charge in [-0.1, -0.05) is 11.6 Å². The van der Waals surface area contributed by atoms with E-state index < -0.39 is 30.9 Å². The Bertz CT molecular complexity index is 1030. The highest BCUT2D eigenvalue weighted by Crippen LogP contribution is 2.30. The van der Waals surface area contributed by atoms with Crippen LogP contribution in [0.25, 0.3) is 0 Å². The Hall–Kier alpha value is -1.68. The Kier molecular flexibility index (Phi) is 5.00. The third kappa shape index (κ3) is 3.32. The van der Waals surface area contributed by atoms with Crippen LogP contribution < -0.4 is 4.74 Å². The predicted molar refractivity (Wildman–Crippen MR) is 94.1 cm³/mol. The van der Waals surface area contributed by atoms with Gasteiger partial charge < -0.3 is 4.74 Å². The van der Waals surface area contributed by atoms with Gasteiger partial charge in [-0.25, -0.2) is 21.2 Å². The summed E-state index contributed by atoms with van der Waals surface area (Å²) in [6, 6.07) is 8.97. The normalized spacial score (nSPS) is 16.3. The van der Waals surface area contributed by atoms with Crippen molar-refractivity contribution in [3.05, 3.63) is 53.3 Å². The number of hydrogen-bond acceptors (Lipinski definition) is 5. The number of sulfonamides is 1.